The highest BCUT2D eigenvalue weighted by Crippen LogP contribution is 2.41. The number of nitrogens with zero attached hydrogens (tertiary/aromatic N) is 3. The minimum atomic E-state index is -0.296. The third-order valence-electron chi connectivity index (χ3n) is 5.27. The molecule has 0 aromatic heterocycles. The maximum atomic E-state index is 12.0. The number of hydrazine groups is 1. The van der Waals surface area contributed by atoms with Crippen LogP contribution in [0.25, 0.3) is 0 Å². The first kappa shape index (κ1) is 26.7. The fourth-order valence-electron chi connectivity index (χ4n) is 3.59. The van der Waals surface area contributed by atoms with Gasteiger partial charge in [0, 0.05) is 49.2 Å². The molecule has 3 N–H and O–H groups in total. The molecule has 1 fully saturated rings. The first-order valence-corrected chi connectivity index (χ1v) is 9.76. The predicted octanol–water partition coefficient (Wildman–Crippen LogP) is 3.82. The van der Waals surface area contributed by atoms with Gasteiger partial charge in [0.15, 0.2) is 0 Å². The average Bonchev–Trinajstić information content (AvgIpc) is 2.70. The molecule has 0 atom stereocenters. The molecule has 0 aliphatic carbocycles. The lowest BCUT2D eigenvalue weighted by molar-refractivity contribution is -0.110. The number of benzene rings is 2. The Morgan fingerprint density at radius 2 is 1.65 bits per heavy atom. The highest BCUT2D eigenvalue weighted by Gasteiger charge is 2.28. The summed E-state index contributed by atoms with van der Waals surface area (Å²) in [5.41, 5.74) is 8.50. The highest BCUT2D eigenvalue weighted by atomic mass is 35.5. The van der Waals surface area contributed by atoms with Crippen molar-refractivity contribution in [2.24, 2.45) is 0 Å². The quantitative estimate of drug-likeness (QED) is 0.510. The number of nitrogens with two attached hydrogens (primary N) is 1. The van der Waals surface area contributed by atoms with Gasteiger partial charge < -0.3 is 20.5 Å². The van der Waals surface area contributed by atoms with Gasteiger partial charge >= 0.3 is 0 Å². The number of aromatic hydroxyl groups is 1. The minimum absolute atomic E-state index is 0. The van der Waals surface area contributed by atoms with Gasteiger partial charge in [-0.25, -0.2) is 10.0 Å². The number of nitrogen functional groups attached to an aromatic ring is 1. The second-order valence-corrected chi connectivity index (χ2v) is 8.27. The number of carbonyl (C=O) groups is 1. The largest absolute Gasteiger partial charge is 0.505 e. The maximum Gasteiger partial charge on any atom is 0.228 e. The molecule has 172 valence electrons. The zero-order chi connectivity index (χ0) is 21.2. The Balaban J connectivity index is 0.00000240. The summed E-state index contributed by atoms with van der Waals surface area (Å²) in [5.74, 6) is 0.710. The van der Waals surface area contributed by atoms with Crippen molar-refractivity contribution in [3.05, 3.63) is 42.0 Å². The van der Waals surface area contributed by atoms with Gasteiger partial charge in [-0.1, -0.05) is 20.8 Å². The fourth-order valence-corrected chi connectivity index (χ4v) is 3.59. The number of hydrogen-bond donors (Lipinski definition) is 2. The molecule has 0 spiro atoms. The Morgan fingerprint density at radius 3 is 2.13 bits per heavy atom. The van der Waals surface area contributed by atoms with Gasteiger partial charge in [0.25, 0.3) is 0 Å². The number of ether oxygens (including phenoxy) is 1. The Labute approximate surface area is 196 Å². The van der Waals surface area contributed by atoms with E-state index in [4.69, 9.17) is 10.5 Å². The van der Waals surface area contributed by atoms with Gasteiger partial charge in [0.1, 0.15) is 17.2 Å². The van der Waals surface area contributed by atoms with Crippen LogP contribution in [0.3, 0.4) is 0 Å². The first-order chi connectivity index (χ1) is 13.7. The van der Waals surface area contributed by atoms with E-state index in [2.05, 4.69) is 4.90 Å². The van der Waals surface area contributed by atoms with Crippen LogP contribution < -0.4 is 20.4 Å². The van der Waals surface area contributed by atoms with E-state index < -0.39 is 0 Å². The van der Waals surface area contributed by atoms with Crippen molar-refractivity contribution in [2.45, 2.75) is 26.2 Å². The van der Waals surface area contributed by atoms with Crippen molar-refractivity contribution in [2.75, 3.05) is 48.9 Å². The van der Waals surface area contributed by atoms with E-state index in [9.17, 15) is 9.90 Å². The normalized spacial score (nSPS) is 14.3. The van der Waals surface area contributed by atoms with E-state index in [0.29, 0.717) is 24.5 Å². The topological polar surface area (TPSA) is 82.3 Å². The zero-order valence-corrected chi connectivity index (χ0v) is 20.0. The van der Waals surface area contributed by atoms with E-state index in [1.54, 1.807) is 13.2 Å². The fraction of sp³-hybridized carbons (Fsp3) is 0.409. The van der Waals surface area contributed by atoms with Crippen molar-refractivity contribution >= 4 is 48.3 Å². The third kappa shape index (κ3) is 5.87. The zero-order valence-electron chi connectivity index (χ0n) is 18.4. The number of phenols is 1. The Hall–Kier alpha value is -2.35. The summed E-state index contributed by atoms with van der Waals surface area (Å²) in [6.07, 6.45) is 0.750. The molecule has 3 rings (SSSR count). The number of methoxy groups -OCH3 is 1. The van der Waals surface area contributed by atoms with Crippen LogP contribution >= 0.6 is 24.8 Å². The number of carbonyl (C=O) groups excluding carboxylic acids is 1. The van der Waals surface area contributed by atoms with E-state index in [-0.39, 0.29) is 36.0 Å². The predicted molar refractivity (Wildman–Crippen MR) is 131 cm³/mol. The number of amides is 1. The molecular weight excluding hydrogens is 439 g/mol. The maximum absolute atomic E-state index is 12.0. The smallest absolute Gasteiger partial charge is 0.228 e. The average molecular weight is 471 g/mol. The number of halogens is 2. The Bertz CT molecular complexity index is 864. The molecule has 2 aromatic carbocycles. The van der Waals surface area contributed by atoms with Crippen molar-refractivity contribution in [3.63, 3.8) is 0 Å². The van der Waals surface area contributed by atoms with E-state index in [1.807, 2.05) is 56.1 Å². The molecule has 1 heterocycles. The van der Waals surface area contributed by atoms with Crippen molar-refractivity contribution in [3.8, 4) is 11.5 Å². The highest BCUT2D eigenvalue weighted by molar-refractivity contribution is 5.85. The number of anilines is 3. The summed E-state index contributed by atoms with van der Waals surface area (Å²) in [6.45, 7) is 8.84. The molecule has 2 aromatic rings. The van der Waals surface area contributed by atoms with Crippen LogP contribution in [0.5, 0.6) is 11.5 Å². The van der Waals surface area contributed by atoms with Crippen LogP contribution in [-0.4, -0.2) is 49.8 Å². The van der Waals surface area contributed by atoms with Gasteiger partial charge in [-0.05, 0) is 35.7 Å². The summed E-state index contributed by atoms with van der Waals surface area (Å²) in [4.78, 5) is 14.3. The number of hydrogen-bond acceptors (Lipinski definition) is 6. The molecule has 1 aliphatic heterocycles. The molecule has 1 aliphatic rings. The standard InChI is InChI=1S/C22H30N4O3.2ClH/c1-22(2,3)19-13-18(29-4)14-20(21(19)28)26(15-27)25-11-9-24(10-12-25)17-7-5-16(23)6-8-17;;/h5-8,13-15,28H,9-12,23H2,1-4H3;2*1H. The molecule has 31 heavy (non-hydrogen) atoms. The van der Waals surface area contributed by atoms with Crippen LogP contribution in [-0.2, 0) is 10.2 Å². The molecule has 1 saturated heterocycles. The number of phenolic OH excluding ortho intramolecular Hbond substituents is 1. The second-order valence-electron chi connectivity index (χ2n) is 8.27. The van der Waals surface area contributed by atoms with Gasteiger partial charge in [-0.2, -0.15) is 0 Å². The monoisotopic (exact) mass is 470 g/mol. The summed E-state index contributed by atoms with van der Waals surface area (Å²) >= 11 is 0. The van der Waals surface area contributed by atoms with E-state index in [1.165, 1.54) is 5.01 Å². The molecular formula is C22H32Cl2N4O3. The van der Waals surface area contributed by atoms with Crippen LogP contribution in [0, 0.1) is 0 Å². The Morgan fingerprint density at radius 1 is 1.06 bits per heavy atom. The molecule has 0 saturated carbocycles. The van der Waals surface area contributed by atoms with Crippen LogP contribution in [0.4, 0.5) is 17.1 Å². The first-order valence-electron chi connectivity index (χ1n) is 9.76. The molecule has 9 heteroatoms. The summed E-state index contributed by atoms with van der Waals surface area (Å²) in [7, 11) is 1.58. The second kappa shape index (κ2) is 10.8. The summed E-state index contributed by atoms with van der Waals surface area (Å²) < 4.78 is 5.42. The van der Waals surface area contributed by atoms with E-state index >= 15 is 0 Å². The van der Waals surface area contributed by atoms with Crippen molar-refractivity contribution < 1.29 is 14.6 Å². The van der Waals surface area contributed by atoms with Gasteiger partial charge in [0.2, 0.25) is 6.41 Å². The number of rotatable bonds is 5. The van der Waals surface area contributed by atoms with Gasteiger partial charge in [0.05, 0.1) is 7.11 Å². The number of piperazine rings is 1. The SMILES string of the molecule is COc1cc(N(C=O)N2CCN(c3ccc(N)cc3)CC2)c(O)c(C(C)(C)C)c1.Cl.Cl. The summed E-state index contributed by atoms with van der Waals surface area (Å²) in [6, 6.07) is 11.3. The van der Waals surface area contributed by atoms with Crippen LogP contribution in [0.2, 0.25) is 0 Å². The van der Waals surface area contributed by atoms with Gasteiger partial charge in [-0.15, -0.1) is 24.8 Å². The minimum Gasteiger partial charge on any atom is -0.505 e. The van der Waals surface area contributed by atoms with Crippen LogP contribution in [0.15, 0.2) is 36.4 Å². The molecule has 0 radical (unpaired) electrons. The summed E-state index contributed by atoms with van der Waals surface area (Å²) in [5, 5.41) is 14.4. The van der Waals surface area contributed by atoms with Gasteiger partial charge in [-0.3, -0.25) is 4.79 Å². The molecule has 0 bridgehead atoms. The lowest BCUT2D eigenvalue weighted by atomic mass is 9.85. The van der Waals surface area contributed by atoms with E-state index in [0.717, 1.165) is 36.4 Å². The van der Waals surface area contributed by atoms with Crippen molar-refractivity contribution in [1.82, 2.24) is 5.01 Å². The van der Waals surface area contributed by atoms with Crippen molar-refractivity contribution in [1.29, 1.82) is 0 Å². The molecule has 0 unspecified atom stereocenters. The lowest BCUT2D eigenvalue weighted by Crippen LogP contribution is -2.53. The molecule has 7 nitrogen and oxygen atoms in total. The molecule has 1 amide bonds. The Kier molecular flexibility index (Phi) is 9.29. The lowest BCUT2D eigenvalue weighted by Gasteiger charge is -2.40. The van der Waals surface area contributed by atoms with Crippen LogP contribution in [0.1, 0.15) is 26.3 Å². The third-order valence-corrected chi connectivity index (χ3v) is 5.27.